The fraction of sp³-hybridized carbons (Fsp3) is 0.321. The Morgan fingerprint density at radius 3 is 2.37 bits per heavy atom. The van der Waals surface area contributed by atoms with Crippen molar-refractivity contribution < 1.29 is 9.53 Å². The molecule has 1 atom stereocenters. The molecular weight excluding hydrogens is 456 g/mol. The number of benzene rings is 2. The minimum absolute atomic E-state index is 0.0643. The maximum Gasteiger partial charge on any atom is 0.224 e. The molecule has 1 amide bonds. The first-order chi connectivity index (χ1) is 17.0. The molecule has 7 heteroatoms. The second-order valence-corrected chi connectivity index (χ2v) is 9.31. The monoisotopic (exact) mass is 488 g/mol. The van der Waals surface area contributed by atoms with E-state index in [1.165, 1.54) is 0 Å². The zero-order valence-electron chi connectivity index (χ0n) is 20.5. The highest BCUT2D eigenvalue weighted by atomic mass is 32.1. The Morgan fingerprint density at radius 1 is 1.03 bits per heavy atom. The lowest BCUT2D eigenvalue weighted by molar-refractivity contribution is -0.126. The summed E-state index contributed by atoms with van der Waals surface area (Å²) in [5, 5.41) is 7.28. The van der Waals surface area contributed by atoms with Crippen LogP contribution in [0, 0.1) is 19.8 Å². The lowest BCUT2D eigenvalue weighted by Crippen LogP contribution is -2.45. The average molecular weight is 489 g/mol. The molecule has 2 N–H and O–H groups in total. The number of pyridine rings is 1. The third kappa shape index (κ3) is 5.98. The Balaban J connectivity index is 1.40. The topological polar surface area (TPSA) is 66.5 Å². The van der Waals surface area contributed by atoms with Crippen molar-refractivity contribution in [1.29, 1.82) is 0 Å². The van der Waals surface area contributed by atoms with E-state index >= 15 is 0 Å². The largest absolute Gasteiger partial charge is 0.497 e. The van der Waals surface area contributed by atoms with Crippen molar-refractivity contribution in [3.05, 3.63) is 89.2 Å². The van der Waals surface area contributed by atoms with Crippen molar-refractivity contribution in [1.82, 2.24) is 15.2 Å². The van der Waals surface area contributed by atoms with Gasteiger partial charge in [0.1, 0.15) is 5.75 Å². The molecule has 1 aliphatic rings. The summed E-state index contributed by atoms with van der Waals surface area (Å²) in [5.74, 6) is 0.806. The summed E-state index contributed by atoms with van der Waals surface area (Å²) >= 11 is 5.62. The third-order valence-electron chi connectivity index (χ3n) is 6.60. The predicted octanol–water partition coefficient (Wildman–Crippen LogP) is 5.02. The number of carbonyl (C=O) groups excluding carboxylic acids is 1. The van der Waals surface area contributed by atoms with Crippen LogP contribution in [0.15, 0.2) is 66.9 Å². The van der Waals surface area contributed by atoms with Crippen LogP contribution < -0.4 is 15.4 Å². The smallest absolute Gasteiger partial charge is 0.224 e. The van der Waals surface area contributed by atoms with Gasteiger partial charge in [0, 0.05) is 30.9 Å². The summed E-state index contributed by atoms with van der Waals surface area (Å²) in [6.45, 7) is 5.58. The molecule has 0 saturated carbocycles. The van der Waals surface area contributed by atoms with Gasteiger partial charge in [-0.25, -0.2) is 0 Å². The molecule has 1 aromatic heterocycles. The van der Waals surface area contributed by atoms with Gasteiger partial charge in [0.05, 0.1) is 18.8 Å². The number of hydrogen-bond acceptors (Lipinski definition) is 4. The molecule has 0 aliphatic carbocycles. The molecule has 2 aromatic carbocycles. The van der Waals surface area contributed by atoms with E-state index in [0.717, 1.165) is 59.8 Å². The van der Waals surface area contributed by atoms with Gasteiger partial charge in [0.25, 0.3) is 0 Å². The van der Waals surface area contributed by atoms with Crippen molar-refractivity contribution >= 4 is 28.9 Å². The van der Waals surface area contributed by atoms with Gasteiger partial charge in [-0.05, 0) is 85.9 Å². The first-order valence-electron chi connectivity index (χ1n) is 11.9. The number of nitrogens with zero attached hydrogens (tertiary/aromatic N) is 2. The maximum atomic E-state index is 13.4. The molecule has 1 unspecified atom stereocenters. The highest BCUT2D eigenvalue weighted by molar-refractivity contribution is 7.80. The van der Waals surface area contributed by atoms with Crippen LogP contribution >= 0.6 is 12.2 Å². The molecule has 1 fully saturated rings. The van der Waals surface area contributed by atoms with E-state index in [-0.39, 0.29) is 17.9 Å². The Kier molecular flexibility index (Phi) is 7.98. The van der Waals surface area contributed by atoms with E-state index in [2.05, 4.69) is 39.6 Å². The SMILES string of the molecule is COc1ccc(NC(=S)N2CCC(C(=O)NC(c3ccccc3C)c3ncccc3C)CC2)cc1. The number of thiocarbonyl (C=S) groups is 1. The number of carbonyl (C=O) groups is 1. The highest BCUT2D eigenvalue weighted by Crippen LogP contribution is 2.27. The number of aryl methyl sites for hydroxylation is 2. The Hall–Kier alpha value is -3.45. The normalized spacial score (nSPS) is 14.8. The fourth-order valence-corrected chi connectivity index (χ4v) is 4.79. The molecule has 0 radical (unpaired) electrons. The quantitative estimate of drug-likeness (QED) is 0.475. The summed E-state index contributed by atoms with van der Waals surface area (Å²) in [5.41, 5.74) is 5.07. The first-order valence-corrected chi connectivity index (χ1v) is 12.3. The number of likely N-dealkylation sites (tertiary alicyclic amines) is 1. The van der Waals surface area contributed by atoms with Crippen molar-refractivity contribution in [2.75, 3.05) is 25.5 Å². The summed E-state index contributed by atoms with van der Waals surface area (Å²) in [6, 6.07) is 19.5. The fourth-order valence-electron chi connectivity index (χ4n) is 4.49. The molecule has 35 heavy (non-hydrogen) atoms. The van der Waals surface area contributed by atoms with Gasteiger partial charge in [-0.3, -0.25) is 9.78 Å². The molecule has 1 saturated heterocycles. The minimum Gasteiger partial charge on any atom is -0.497 e. The van der Waals surface area contributed by atoms with Gasteiger partial charge in [-0.2, -0.15) is 0 Å². The Labute approximate surface area is 212 Å². The number of nitrogens with one attached hydrogen (secondary N) is 2. The maximum absolute atomic E-state index is 13.4. The lowest BCUT2D eigenvalue weighted by atomic mass is 9.92. The third-order valence-corrected chi connectivity index (χ3v) is 6.96. The summed E-state index contributed by atoms with van der Waals surface area (Å²) < 4.78 is 5.21. The second kappa shape index (κ2) is 11.3. The molecule has 0 spiro atoms. The Bertz CT molecular complexity index is 1130. The lowest BCUT2D eigenvalue weighted by Gasteiger charge is -2.34. The first kappa shape index (κ1) is 24.7. The highest BCUT2D eigenvalue weighted by Gasteiger charge is 2.29. The number of ether oxygens (including phenoxy) is 1. The van der Waals surface area contributed by atoms with Crippen LogP contribution in [-0.4, -0.2) is 41.1 Å². The molecule has 2 heterocycles. The number of aromatic nitrogens is 1. The number of hydrogen-bond donors (Lipinski definition) is 2. The van der Waals surface area contributed by atoms with Gasteiger partial charge < -0.3 is 20.3 Å². The van der Waals surface area contributed by atoms with Crippen LogP contribution in [0.3, 0.4) is 0 Å². The molecule has 0 bridgehead atoms. The van der Waals surface area contributed by atoms with Crippen LogP contribution in [-0.2, 0) is 4.79 Å². The van der Waals surface area contributed by atoms with Gasteiger partial charge >= 0.3 is 0 Å². The Morgan fingerprint density at radius 2 is 1.71 bits per heavy atom. The number of methoxy groups -OCH3 is 1. The zero-order chi connectivity index (χ0) is 24.8. The van der Waals surface area contributed by atoms with Crippen molar-refractivity contribution in [3.8, 4) is 5.75 Å². The standard InChI is InChI=1S/C28H32N4O2S/c1-19-7-4-5-9-24(19)26(25-20(2)8-6-16-29-25)31-27(33)21-14-17-32(18-15-21)28(35)30-22-10-12-23(34-3)13-11-22/h4-13,16,21,26H,14-15,17-18H2,1-3H3,(H,30,35)(H,31,33). The van der Waals surface area contributed by atoms with Crippen LogP contribution in [0.25, 0.3) is 0 Å². The molecule has 1 aliphatic heterocycles. The number of amides is 1. The van der Waals surface area contributed by atoms with Gasteiger partial charge in [0.2, 0.25) is 5.91 Å². The van der Waals surface area contributed by atoms with Gasteiger partial charge in [-0.1, -0.05) is 30.3 Å². The molecule has 3 aromatic rings. The van der Waals surface area contributed by atoms with Crippen LogP contribution in [0.5, 0.6) is 5.75 Å². The molecule has 182 valence electrons. The second-order valence-electron chi connectivity index (χ2n) is 8.92. The van der Waals surface area contributed by atoms with Crippen molar-refractivity contribution in [3.63, 3.8) is 0 Å². The number of rotatable bonds is 6. The van der Waals surface area contributed by atoms with Gasteiger partial charge in [-0.15, -0.1) is 0 Å². The van der Waals surface area contributed by atoms with E-state index in [0.29, 0.717) is 5.11 Å². The van der Waals surface area contributed by atoms with E-state index in [1.807, 2.05) is 55.5 Å². The number of anilines is 1. The van der Waals surface area contributed by atoms with E-state index < -0.39 is 0 Å². The van der Waals surface area contributed by atoms with Gasteiger partial charge in [0.15, 0.2) is 5.11 Å². The molecule has 4 rings (SSSR count). The average Bonchev–Trinajstić information content (AvgIpc) is 2.88. The van der Waals surface area contributed by atoms with Crippen LogP contribution in [0.4, 0.5) is 5.69 Å². The van der Waals surface area contributed by atoms with Crippen LogP contribution in [0.1, 0.15) is 41.3 Å². The minimum atomic E-state index is -0.277. The summed E-state index contributed by atoms with van der Waals surface area (Å²) in [7, 11) is 1.65. The predicted molar refractivity (Wildman–Crippen MR) is 144 cm³/mol. The van der Waals surface area contributed by atoms with E-state index in [9.17, 15) is 4.79 Å². The van der Waals surface area contributed by atoms with Crippen molar-refractivity contribution in [2.24, 2.45) is 5.92 Å². The zero-order valence-corrected chi connectivity index (χ0v) is 21.3. The molecule has 6 nitrogen and oxygen atoms in total. The summed E-state index contributed by atoms with van der Waals surface area (Å²) in [4.78, 5) is 20.1. The van der Waals surface area contributed by atoms with Crippen LogP contribution in [0.2, 0.25) is 0 Å². The van der Waals surface area contributed by atoms with Crippen molar-refractivity contribution in [2.45, 2.75) is 32.7 Å². The van der Waals surface area contributed by atoms with E-state index in [4.69, 9.17) is 17.0 Å². The van der Waals surface area contributed by atoms with E-state index in [1.54, 1.807) is 13.3 Å². The summed E-state index contributed by atoms with van der Waals surface area (Å²) in [6.07, 6.45) is 3.28. The number of piperidine rings is 1. The molecular formula is C28H32N4O2S.